The predicted molar refractivity (Wildman–Crippen MR) is 69.4 cm³/mol. The zero-order valence-corrected chi connectivity index (χ0v) is 10.1. The second-order valence-corrected chi connectivity index (χ2v) is 5.13. The lowest BCUT2D eigenvalue weighted by molar-refractivity contribution is 1.70. The molecule has 0 unspecified atom stereocenters. The van der Waals surface area contributed by atoms with Gasteiger partial charge in [0.05, 0.1) is 0 Å². The first-order valence-electron chi connectivity index (χ1n) is 4.43. The standard InChI is InChI=1S/C12H8Cl2S/c13-12(14)8-10-6-7-11(15-10)9-4-2-1-3-5-9/h1-8H. The van der Waals surface area contributed by atoms with Crippen LogP contribution in [-0.4, -0.2) is 0 Å². The maximum absolute atomic E-state index is 5.60. The Hall–Kier alpha value is -0.760. The molecule has 0 fully saturated rings. The van der Waals surface area contributed by atoms with Crippen LogP contribution >= 0.6 is 34.5 Å². The van der Waals surface area contributed by atoms with E-state index in [0.29, 0.717) is 0 Å². The molecular formula is C12H8Cl2S. The third-order valence-corrected chi connectivity index (χ3v) is 3.24. The molecule has 1 aromatic heterocycles. The van der Waals surface area contributed by atoms with Crippen molar-refractivity contribution in [2.45, 2.75) is 0 Å². The molecule has 3 heteroatoms. The minimum Gasteiger partial charge on any atom is -0.136 e. The Morgan fingerprint density at radius 3 is 2.40 bits per heavy atom. The first-order chi connectivity index (χ1) is 7.25. The Kier molecular flexibility index (Phi) is 3.47. The molecule has 15 heavy (non-hydrogen) atoms. The lowest BCUT2D eigenvalue weighted by atomic mass is 10.2. The van der Waals surface area contributed by atoms with Crippen molar-refractivity contribution in [1.29, 1.82) is 0 Å². The molecule has 0 aliphatic carbocycles. The quantitative estimate of drug-likeness (QED) is 0.692. The van der Waals surface area contributed by atoms with E-state index in [1.54, 1.807) is 17.4 Å². The number of hydrogen-bond donors (Lipinski definition) is 0. The van der Waals surface area contributed by atoms with Crippen LogP contribution < -0.4 is 0 Å². The normalized spacial score (nSPS) is 10.0. The molecule has 0 bridgehead atoms. The van der Waals surface area contributed by atoms with E-state index in [4.69, 9.17) is 23.2 Å². The van der Waals surface area contributed by atoms with Gasteiger partial charge in [-0.3, -0.25) is 0 Å². The predicted octanol–water partition coefficient (Wildman–Crippen LogP) is 5.19. The monoisotopic (exact) mass is 254 g/mol. The molecule has 0 N–H and O–H groups in total. The summed E-state index contributed by atoms with van der Waals surface area (Å²) in [4.78, 5) is 2.28. The van der Waals surface area contributed by atoms with E-state index in [2.05, 4.69) is 18.2 Å². The summed E-state index contributed by atoms with van der Waals surface area (Å²) in [6.45, 7) is 0. The minimum absolute atomic E-state index is 0.288. The topological polar surface area (TPSA) is 0 Å². The first-order valence-corrected chi connectivity index (χ1v) is 6.01. The van der Waals surface area contributed by atoms with Crippen molar-refractivity contribution in [2.75, 3.05) is 0 Å². The fourth-order valence-electron chi connectivity index (χ4n) is 1.30. The van der Waals surface area contributed by atoms with Crippen molar-refractivity contribution >= 4 is 40.6 Å². The van der Waals surface area contributed by atoms with E-state index in [9.17, 15) is 0 Å². The maximum Gasteiger partial charge on any atom is 0.108 e. The summed E-state index contributed by atoms with van der Waals surface area (Å²) >= 11 is 12.9. The molecule has 0 radical (unpaired) electrons. The third-order valence-electron chi connectivity index (χ3n) is 1.94. The molecule has 2 rings (SSSR count). The third kappa shape index (κ3) is 2.85. The van der Waals surface area contributed by atoms with Gasteiger partial charge < -0.3 is 0 Å². The van der Waals surface area contributed by atoms with Gasteiger partial charge in [0, 0.05) is 9.75 Å². The number of hydrogen-bond acceptors (Lipinski definition) is 1. The molecule has 1 aromatic carbocycles. The molecule has 0 atom stereocenters. The van der Waals surface area contributed by atoms with Gasteiger partial charge in [-0.15, -0.1) is 11.3 Å². The summed E-state index contributed by atoms with van der Waals surface area (Å²) < 4.78 is 0.288. The van der Waals surface area contributed by atoms with Crippen LogP contribution in [0.3, 0.4) is 0 Å². The van der Waals surface area contributed by atoms with Crippen LogP contribution in [0, 0.1) is 0 Å². The van der Waals surface area contributed by atoms with E-state index in [1.807, 2.05) is 24.3 Å². The summed E-state index contributed by atoms with van der Waals surface area (Å²) in [6, 6.07) is 14.3. The molecule has 1 heterocycles. The van der Waals surface area contributed by atoms with Gasteiger partial charge in [-0.25, -0.2) is 0 Å². The van der Waals surface area contributed by atoms with Gasteiger partial charge >= 0.3 is 0 Å². The molecular weight excluding hydrogens is 247 g/mol. The van der Waals surface area contributed by atoms with Gasteiger partial charge in [-0.05, 0) is 23.8 Å². The van der Waals surface area contributed by atoms with Crippen molar-refractivity contribution in [3.8, 4) is 10.4 Å². The highest BCUT2D eigenvalue weighted by Gasteiger charge is 2.00. The highest BCUT2D eigenvalue weighted by molar-refractivity contribution is 7.16. The van der Waals surface area contributed by atoms with Crippen molar-refractivity contribution < 1.29 is 0 Å². The lowest BCUT2D eigenvalue weighted by Gasteiger charge is -1.94. The van der Waals surface area contributed by atoms with Gasteiger partial charge in [-0.2, -0.15) is 0 Å². The number of rotatable bonds is 2. The number of halogens is 2. The van der Waals surface area contributed by atoms with Crippen molar-refractivity contribution in [2.24, 2.45) is 0 Å². The largest absolute Gasteiger partial charge is 0.136 e. The maximum atomic E-state index is 5.60. The molecule has 0 nitrogen and oxygen atoms in total. The summed E-state index contributed by atoms with van der Waals surface area (Å²) in [7, 11) is 0. The molecule has 76 valence electrons. The Balaban J connectivity index is 2.32. The summed E-state index contributed by atoms with van der Waals surface area (Å²) in [6.07, 6.45) is 1.75. The van der Waals surface area contributed by atoms with Gasteiger partial charge in [0.2, 0.25) is 0 Å². The summed E-state index contributed by atoms with van der Waals surface area (Å²) in [5, 5.41) is 0. The average molecular weight is 255 g/mol. The van der Waals surface area contributed by atoms with Crippen LogP contribution in [0.4, 0.5) is 0 Å². The molecule has 0 saturated carbocycles. The summed E-state index contributed by atoms with van der Waals surface area (Å²) in [5.74, 6) is 0. The smallest absolute Gasteiger partial charge is 0.108 e. The van der Waals surface area contributed by atoms with Crippen LogP contribution in [0.1, 0.15) is 4.88 Å². The number of benzene rings is 1. The van der Waals surface area contributed by atoms with Gasteiger partial charge in [-0.1, -0.05) is 53.5 Å². The Morgan fingerprint density at radius 2 is 1.73 bits per heavy atom. The molecule has 0 spiro atoms. The second-order valence-electron chi connectivity index (χ2n) is 3.00. The molecule has 2 aromatic rings. The van der Waals surface area contributed by atoms with Gasteiger partial charge in [0.25, 0.3) is 0 Å². The fraction of sp³-hybridized carbons (Fsp3) is 0. The Labute approximate surface area is 103 Å². The second kappa shape index (κ2) is 4.84. The molecule has 0 aliphatic heterocycles. The van der Waals surface area contributed by atoms with Crippen LogP contribution in [0.25, 0.3) is 16.5 Å². The van der Waals surface area contributed by atoms with Crippen LogP contribution in [0.15, 0.2) is 47.0 Å². The van der Waals surface area contributed by atoms with Crippen LogP contribution in [-0.2, 0) is 0 Å². The molecule has 0 saturated heterocycles. The van der Waals surface area contributed by atoms with Crippen molar-refractivity contribution in [3.63, 3.8) is 0 Å². The van der Waals surface area contributed by atoms with E-state index in [0.717, 1.165) is 4.88 Å². The first kappa shape index (κ1) is 10.7. The van der Waals surface area contributed by atoms with Crippen molar-refractivity contribution in [1.82, 2.24) is 0 Å². The van der Waals surface area contributed by atoms with E-state index in [-0.39, 0.29) is 4.49 Å². The molecule has 0 aliphatic rings. The van der Waals surface area contributed by atoms with Gasteiger partial charge in [0.1, 0.15) is 4.49 Å². The highest BCUT2D eigenvalue weighted by atomic mass is 35.5. The Morgan fingerprint density at radius 1 is 1.00 bits per heavy atom. The zero-order chi connectivity index (χ0) is 10.7. The van der Waals surface area contributed by atoms with E-state index in [1.165, 1.54) is 10.4 Å². The number of thiophene rings is 1. The average Bonchev–Trinajstić information content (AvgIpc) is 2.67. The molecule has 0 amide bonds. The zero-order valence-electron chi connectivity index (χ0n) is 7.78. The SMILES string of the molecule is ClC(Cl)=Cc1ccc(-c2ccccc2)s1. The van der Waals surface area contributed by atoms with Crippen LogP contribution in [0.2, 0.25) is 0 Å². The van der Waals surface area contributed by atoms with E-state index < -0.39 is 0 Å². The highest BCUT2D eigenvalue weighted by Crippen LogP contribution is 2.29. The Bertz CT molecular complexity index is 467. The lowest BCUT2D eigenvalue weighted by Crippen LogP contribution is -1.67. The van der Waals surface area contributed by atoms with Crippen molar-refractivity contribution in [3.05, 3.63) is 51.8 Å². The van der Waals surface area contributed by atoms with E-state index >= 15 is 0 Å². The fourth-order valence-corrected chi connectivity index (χ4v) is 2.62. The van der Waals surface area contributed by atoms with Crippen LogP contribution in [0.5, 0.6) is 0 Å². The summed E-state index contributed by atoms with van der Waals surface area (Å²) in [5.41, 5.74) is 1.22. The minimum atomic E-state index is 0.288. The van der Waals surface area contributed by atoms with Gasteiger partial charge in [0.15, 0.2) is 0 Å².